The maximum atomic E-state index is 12.0. The number of halogens is 1. The molecule has 3 rings (SSSR count). The number of aromatic nitrogens is 4. The number of hydrazone groups is 1. The number of hydrogen-bond acceptors (Lipinski definition) is 7. The fourth-order valence-corrected chi connectivity index (χ4v) is 3.00. The van der Waals surface area contributed by atoms with E-state index in [-0.39, 0.29) is 11.7 Å². The molecule has 0 saturated heterocycles. The highest BCUT2D eigenvalue weighted by atomic mass is 35.5. The summed E-state index contributed by atoms with van der Waals surface area (Å²) >= 11 is 7.15. The van der Waals surface area contributed by atoms with Crippen molar-refractivity contribution in [1.82, 2.24) is 25.5 Å². The molecule has 10 heteroatoms. The summed E-state index contributed by atoms with van der Waals surface area (Å²) < 4.78 is 0. The first-order chi connectivity index (χ1) is 13.6. The number of benzene rings is 1. The minimum Gasteiger partial charge on any atom is -0.351 e. The molecule has 28 heavy (non-hydrogen) atoms. The lowest BCUT2D eigenvalue weighted by molar-refractivity contribution is -0.118. The van der Waals surface area contributed by atoms with Crippen LogP contribution in [0.25, 0.3) is 0 Å². The number of carbonyl (C=O) groups excluding carboxylic acids is 1. The predicted octanol–water partition coefficient (Wildman–Crippen LogP) is 3.10. The van der Waals surface area contributed by atoms with Crippen LogP contribution in [0, 0.1) is 0 Å². The first kappa shape index (κ1) is 19.8. The van der Waals surface area contributed by atoms with Gasteiger partial charge in [0.25, 0.3) is 0 Å². The Balaban J connectivity index is 1.44. The maximum absolute atomic E-state index is 12.0. The highest BCUT2D eigenvalue weighted by Gasteiger charge is 2.08. The molecule has 0 saturated carbocycles. The monoisotopic (exact) mass is 415 g/mol. The minimum absolute atomic E-state index is 0.117. The van der Waals surface area contributed by atoms with E-state index in [1.54, 1.807) is 12.3 Å². The van der Waals surface area contributed by atoms with Gasteiger partial charge in [0, 0.05) is 17.8 Å². The third kappa shape index (κ3) is 6.07. The average Bonchev–Trinajstić information content (AvgIpc) is 3.17. The lowest BCUT2D eigenvalue weighted by Gasteiger charge is -2.04. The lowest BCUT2D eigenvalue weighted by Crippen LogP contribution is -2.24. The van der Waals surface area contributed by atoms with Gasteiger partial charge in [-0.25, -0.2) is 10.5 Å². The molecule has 0 aliphatic rings. The van der Waals surface area contributed by atoms with Crippen LogP contribution in [0.5, 0.6) is 0 Å². The van der Waals surface area contributed by atoms with Crippen molar-refractivity contribution in [3.8, 4) is 0 Å². The molecule has 0 aliphatic heterocycles. The molecule has 0 atom stereocenters. The Labute approximate surface area is 171 Å². The van der Waals surface area contributed by atoms with Gasteiger partial charge < -0.3 is 5.32 Å². The molecule has 2 heterocycles. The Bertz CT molecular complexity index is 961. The van der Waals surface area contributed by atoms with E-state index < -0.39 is 0 Å². The van der Waals surface area contributed by atoms with Gasteiger partial charge in [0.05, 0.1) is 17.2 Å². The van der Waals surface area contributed by atoms with E-state index in [2.05, 4.69) is 36.0 Å². The van der Waals surface area contributed by atoms with Gasteiger partial charge in [-0.2, -0.15) is 10.1 Å². The Kier molecular flexibility index (Phi) is 6.99. The van der Waals surface area contributed by atoms with Gasteiger partial charge in [-0.3, -0.25) is 9.78 Å². The summed E-state index contributed by atoms with van der Waals surface area (Å²) in [5, 5.41) is 14.9. The zero-order valence-electron chi connectivity index (χ0n) is 15.0. The zero-order chi connectivity index (χ0) is 19.8. The average molecular weight is 416 g/mol. The summed E-state index contributed by atoms with van der Waals surface area (Å²) in [4.78, 5) is 20.4. The second-order valence-electron chi connectivity index (χ2n) is 5.69. The molecule has 0 radical (unpaired) electrons. The van der Waals surface area contributed by atoms with E-state index >= 15 is 0 Å². The van der Waals surface area contributed by atoms with E-state index in [4.69, 9.17) is 11.6 Å². The molecular formula is C18H18ClN7OS. The smallest absolute Gasteiger partial charge is 0.240 e. The van der Waals surface area contributed by atoms with Gasteiger partial charge in [0.2, 0.25) is 17.0 Å². The standard InChI is InChI=1S/C18H18ClN7OS/c1-12(15-7-2-3-8-20-15)23-24-17-22-18(26-25-17)28-11-16(27)21-10-13-5-4-6-14(19)9-13/h2-9H,10-11H2,1H3,(H,21,27)(H2,22,24,25,26)/b23-12+. The summed E-state index contributed by atoms with van der Waals surface area (Å²) in [5.74, 6) is 0.471. The van der Waals surface area contributed by atoms with E-state index in [1.165, 1.54) is 11.8 Å². The highest BCUT2D eigenvalue weighted by molar-refractivity contribution is 7.99. The number of anilines is 1. The van der Waals surface area contributed by atoms with Crippen LogP contribution in [-0.4, -0.2) is 37.5 Å². The van der Waals surface area contributed by atoms with Gasteiger partial charge in [-0.15, -0.1) is 5.10 Å². The van der Waals surface area contributed by atoms with Crippen molar-refractivity contribution in [2.24, 2.45) is 5.10 Å². The normalized spacial score (nSPS) is 11.3. The Hall–Kier alpha value is -2.91. The quantitative estimate of drug-likeness (QED) is 0.296. The van der Waals surface area contributed by atoms with Crippen molar-refractivity contribution in [3.63, 3.8) is 0 Å². The fraction of sp³-hybridized carbons (Fsp3) is 0.167. The first-order valence-corrected chi connectivity index (χ1v) is 9.74. The van der Waals surface area contributed by atoms with Crippen LogP contribution in [0.2, 0.25) is 5.02 Å². The fourth-order valence-electron chi connectivity index (χ4n) is 2.16. The molecule has 0 fully saturated rings. The number of thioether (sulfide) groups is 1. The number of nitrogens with one attached hydrogen (secondary N) is 3. The second kappa shape index (κ2) is 9.86. The molecule has 8 nitrogen and oxygen atoms in total. The number of nitrogens with zero attached hydrogens (tertiary/aromatic N) is 4. The maximum Gasteiger partial charge on any atom is 0.240 e. The highest BCUT2D eigenvalue weighted by Crippen LogP contribution is 2.14. The molecule has 144 valence electrons. The van der Waals surface area contributed by atoms with E-state index in [1.807, 2.05) is 43.3 Å². The van der Waals surface area contributed by atoms with E-state index in [0.717, 1.165) is 11.3 Å². The van der Waals surface area contributed by atoms with Gasteiger partial charge in [0.15, 0.2) is 0 Å². The van der Waals surface area contributed by atoms with Crippen molar-refractivity contribution in [2.45, 2.75) is 18.6 Å². The Morgan fingerprint density at radius 3 is 2.96 bits per heavy atom. The SMILES string of the molecule is C/C(=N\Nc1nc(SCC(=O)NCc2cccc(Cl)c2)n[nH]1)c1ccccn1. The van der Waals surface area contributed by atoms with Crippen LogP contribution < -0.4 is 10.7 Å². The van der Waals surface area contributed by atoms with Crippen LogP contribution in [-0.2, 0) is 11.3 Å². The molecule has 1 aromatic carbocycles. The number of pyridine rings is 1. The van der Waals surface area contributed by atoms with Gasteiger partial charge in [0.1, 0.15) is 0 Å². The third-order valence-corrected chi connectivity index (χ3v) is 4.62. The molecule has 1 amide bonds. The molecular weight excluding hydrogens is 398 g/mol. The second-order valence-corrected chi connectivity index (χ2v) is 7.06. The largest absolute Gasteiger partial charge is 0.351 e. The summed E-state index contributed by atoms with van der Waals surface area (Å²) in [6, 6.07) is 13.0. The molecule has 0 bridgehead atoms. The minimum atomic E-state index is -0.117. The number of aromatic amines is 1. The molecule has 0 spiro atoms. The number of amides is 1. The number of rotatable bonds is 8. The topological polar surface area (TPSA) is 108 Å². The Morgan fingerprint density at radius 2 is 2.18 bits per heavy atom. The van der Waals surface area contributed by atoms with Crippen LogP contribution in [0.1, 0.15) is 18.2 Å². The van der Waals surface area contributed by atoms with Crippen LogP contribution in [0.15, 0.2) is 58.9 Å². The summed E-state index contributed by atoms with van der Waals surface area (Å²) in [7, 11) is 0. The van der Waals surface area contributed by atoms with Crippen LogP contribution in [0.3, 0.4) is 0 Å². The van der Waals surface area contributed by atoms with E-state index in [9.17, 15) is 4.79 Å². The molecule has 3 N–H and O–H groups in total. The number of carbonyl (C=O) groups is 1. The third-order valence-electron chi connectivity index (χ3n) is 3.54. The number of hydrogen-bond donors (Lipinski definition) is 3. The lowest BCUT2D eigenvalue weighted by atomic mass is 10.2. The van der Waals surface area contributed by atoms with Crippen LogP contribution >= 0.6 is 23.4 Å². The summed E-state index contributed by atoms with van der Waals surface area (Å²) in [6.45, 7) is 2.26. The van der Waals surface area contributed by atoms with Gasteiger partial charge in [-0.1, -0.05) is 41.6 Å². The zero-order valence-corrected chi connectivity index (χ0v) is 16.6. The number of H-pyrrole nitrogens is 1. The summed E-state index contributed by atoms with van der Waals surface area (Å²) in [5.41, 5.74) is 5.22. The van der Waals surface area contributed by atoms with Crippen molar-refractivity contribution < 1.29 is 4.79 Å². The van der Waals surface area contributed by atoms with E-state index in [0.29, 0.717) is 28.4 Å². The van der Waals surface area contributed by atoms with Crippen molar-refractivity contribution in [2.75, 3.05) is 11.2 Å². The van der Waals surface area contributed by atoms with Crippen molar-refractivity contribution >= 4 is 40.9 Å². The van der Waals surface area contributed by atoms with Gasteiger partial charge in [-0.05, 0) is 36.8 Å². The molecule has 2 aromatic heterocycles. The van der Waals surface area contributed by atoms with Gasteiger partial charge >= 0.3 is 0 Å². The molecule has 3 aromatic rings. The first-order valence-electron chi connectivity index (χ1n) is 8.38. The molecule has 0 unspecified atom stereocenters. The van der Waals surface area contributed by atoms with Crippen molar-refractivity contribution in [3.05, 3.63) is 64.9 Å². The summed E-state index contributed by atoms with van der Waals surface area (Å²) in [6.07, 6.45) is 1.70. The predicted molar refractivity (Wildman–Crippen MR) is 110 cm³/mol. The molecule has 0 aliphatic carbocycles. The van der Waals surface area contributed by atoms with Crippen LogP contribution in [0.4, 0.5) is 5.95 Å². The Morgan fingerprint density at radius 1 is 1.29 bits per heavy atom. The van der Waals surface area contributed by atoms with Crippen molar-refractivity contribution in [1.29, 1.82) is 0 Å².